The summed E-state index contributed by atoms with van der Waals surface area (Å²) in [6, 6.07) is 9.64. The van der Waals surface area contributed by atoms with Crippen molar-refractivity contribution in [1.82, 2.24) is 0 Å². The third-order valence-electron chi connectivity index (χ3n) is 3.66. The van der Waals surface area contributed by atoms with Crippen molar-refractivity contribution < 1.29 is 18.7 Å². The summed E-state index contributed by atoms with van der Waals surface area (Å²) in [4.78, 5) is 24.8. The first kappa shape index (κ1) is 18.3. The molecule has 0 radical (unpaired) electrons. The molecule has 0 aliphatic heterocycles. The average Bonchev–Trinajstić information content (AvgIpc) is 2.62. The summed E-state index contributed by atoms with van der Waals surface area (Å²) in [5.41, 5.74) is -0.170. The molecule has 0 saturated carbocycles. The maximum absolute atomic E-state index is 12.6. The molecule has 3 aromatic rings. The quantitative estimate of drug-likeness (QED) is 0.608. The lowest BCUT2D eigenvalue weighted by atomic mass is 10.1. The number of carbonyl (C=O) groups excluding carboxylic acids is 1. The smallest absolute Gasteiger partial charge is 0.349 e. The number of hydrogen-bond donors (Lipinski definition) is 1. The van der Waals surface area contributed by atoms with Gasteiger partial charge in [-0.3, -0.25) is 4.79 Å². The molecular formula is C18H13BrClNO5. The van der Waals surface area contributed by atoms with Crippen LogP contribution in [0.1, 0.15) is 10.4 Å². The fourth-order valence-electron chi connectivity index (χ4n) is 2.40. The number of methoxy groups -OCH3 is 2. The Labute approximate surface area is 161 Å². The highest BCUT2D eigenvalue weighted by Gasteiger charge is 2.17. The highest BCUT2D eigenvalue weighted by molar-refractivity contribution is 9.10. The minimum atomic E-state index is -0.739. The Morgan fingerprint density at radius 3 is 2.54 bits per heavy atom. The van der Waals surface area contributed by atoms with E-state index >= 15 is 0 Å². The van der Waals surface area contributed by atoms with Crippen LogP contribution in [0.3, 0.4) is 0 Å². The SMILES string of the molecule is COc1cc(NC(=O)c2cc3cc(Br)ccc3oc2=O)c(OC)cc1Cl. The van der Waals surface area contributed by atoms with Crippen LogP contribution in [-0.2, 0) is 0 Å². The second-order valence-corrected chi connectivity index (χ2v) is 6.59. The molecule has 0 spiro atoms. The van der Waals surface area contributed by atoms with Gasteiger partial charge < -0.3 is 19.2 Å². The molecule has 0 aliphatic carbocycles. The third kappa shape index (κ3) is 3.54. The Morgan fingerprint density at radius 2 is 1.85 bits per heavy atom. The van der Waals surface area contributed by atoms with E-state index in [1.54, 1.807) is 18.2 Å². The second-order valence-electron chi connectivity index (χ2n) is 5.27. The number of rotatable bonds is 4. The first-order valence-corrected chi connectivity index (χ1v) is 8.56. The Balaban J connectivity index is 2.02. The van der Waals surface area contributed by atoms with Crippen LogP contribution in [0.4, 0.5) is 5.69 Å². The summed E-state index contributed by atoms with van der Waals surface area (Å²) in [7, 11) is 2.89. The van der Waals surface area contributed by atoms with Crippen molar-refractivity contribution in [3.63, 3.8) is 0 Å². The molecule has 1 N–H and O–H groups in total. The molecule has 0 unspecified atom stereocenters. The van der Waals surface area contributed by atoms with E-state index in [0.717, 1.165) is 4.47 Å². The van der Waals surface area contributed by atoms with E-state index < -0.39 is 11.5 Å². The minimum Gasteiger partial charge on any atom is -0.495 e. The lowest BCUT2D eigenvalue weighted by Crippen LogP contribution is -2.21. The van der Waals surface area contributed by atoms with Crippen molar-refractivity contribution in [3.8, 4) is 11.5 Å². The maximum Gasteiger partial charge on any atom is 0.349 e. The third-order valence-corrected chi connectivity index (χ3v) is 4.45. The monoisotopic (exact) mass is 437 g/mol. The van der Waals surface area contributed by atoms with E-state index in [-0.39, 0.29) is 5.56 Å². The molecule has 6 nitrogen and oxygen atoms in total. The molecule has 2 aromatic carbocycles. The maximum atomic E-state index is 12.6. The number of fused-ring (bicyclic) bond motifs is 1. The van der Waals surface area contributed by atoms with Gasteiger partial charge in [-0.05, 0) is 24.3 Å². The zero-order valence-corrected chi connectivity index (χ0v) is 16.1. The van der Waals surface area contributed by atoms with Crippen LogP contribution in [0, 0.1) is 0 Å². The molecule has 0 bridgehead atoms. The second kappa shape index (κ2) is 7.39. The summed E-state index contributed by atoms with van der Waals surface area (Å²) in [5.74, 6) is 0.0533. The predicted octanol–water partition coefficient (Wildman–Crippen LogP) is 4.48. The highest BCUT2D eigenvalue weighted by Crippen LogP contribution is 2.36. The van der Waals surface area contributed by atoms with Crippen molar-refractivity contribution >= 4 is 50.1 Å². The van der Waals surface area contributed by atoms with Crippen LogP contribution in [0.2, 0.25) is 5.02 Å². The van der Waals surface area contributed by atoms with Crippen molar-refractivity contribution in [2.24, 2.45) is 0 Å². The number of halogens is 2. The molecule has 0 saturated heterocycles. The van der Waals surface area contributed by atoms with Crippen molar-refractivity contribution in [3.05, 3.63) is 61.9 Å². The summed E-state index contributed by atoms with van der Waals surface area (Å²) in [6.45, 7) is 0. The fourth-order valence-corrected chi connectivity index (χ4v) is 3.01. The number of anilines is 1. The molecule has 8 heteroatoms. The molecule has 1 amide bonds. The van der Waals surface area contributed by atoms with Crippen LogP contribution in [0.5, 0.6) is 11.5 Å². The molecule has 3 rings (SSSR count). The molecule has 1 aromatic heterocycles. The Bertz CT molecular complexity index is 1060. The van der Waals surface area contributed by atoms with Crippen LogP contribution in [-0.4, -0.2) is 20.1 Å². The van der Waals surface area contributed by atoms with E-state index in [2.05, 4.69) is 21.2 Å². The number of nitrogens with one attached hydrogen (secondary N) is 1. The predicted molar refractivity (Wildman–Crippen MR) is 103 cm³/mol. The van der Waals surface area contributed by atoms with Crippen LogP contribution >= 0.6 is 27.5 Å². The number of ether oxygens (including phenoxy) is 2. The van der Waals surface area contributed by atoms with E-state index in [0.29, 0.717) is 33.2 Å². The van der Waals surface area contributed by atoms with Gasteiger partial charge >= 0.3 is 5.63 Å². The molecular weight excluding hydrogens is 426 g/mol. The number of benzene rings is 2. The van der Waals surface area contributed by atoms with Gasteiger partial charge in [0.2, 0.25) is 0 Å². The summed E-state index contributed by atoms with van der Waals surface area (Å²) in [5, 5.41) is 3.57. The fraction of sp³-hybridized carbons (Fsp3) is 0.111. The van der Waals surface area contributed by atoms with Gasteiger partial charge in [-0.1, -0.05) is 27.5 Å². The summed E-state index contributed by atoms with van der Waals surface area (Å²) < 4.78 is 16.4. The van der Waals surface area contributed by atoms with Crippen molar-refractivity contribution in [2.75, 3.05) is 19.5 Å². The average molecular weight is 439 g/mol. The highest BCUT2D eigenvalue weighted by atomic mass is 79.9. The lowest BCUT2D eigenvalue weighted by molar-refractivity contribution is 0.102. The Morgan fingerprint density at radius 1 is 1.12 bits per heavy atom. The van der Waals surface area contributed by atoms with Gasteiger partial charge in [0, 0.05) is 22.0 Å². The van der Waals surface area contributed by atoms with Gasteiger partial charge in [-0.2, -0.15) is 0 Å². The zero-order valence-electron chi connectivity index (χ0n) is 13.8. The molecule has 134 valence electrons. The topological polar surface area (TPSA) is 77.8 Å². The van der Waals surface area contributed by atoms with Gasteiger partial charge in [0.1, 0.15) is 22.6 Å². The number of carbonyl (C=O) groups is 1. The molecule has 0 aliphatic rings. The van der Waals surface area contributed by atoms with Gasteiger partial charge in [-0.15, -0.1) is 0 Å². The van der Waals surface area contributed by atoms with Crippen molar-refractivity contribution in [1.29, 1.82) is 0 Å². The standard InChI is InChI=1S/C18H13BrClNO5/c1-24-15-8-13(16(25-2)7-12(15)20)21-17(22)11-6-9-5-10(19)3-4-14(9)26-18(11)23/h3-8H,1-2H3,(H,21,22). The molecule has 0 atom stereocenters. The Kier molecular flexibility index (Phi) is 5.20. The minimum absolute atomic E-state index is 0.133. The largest absolute Gasteiger partial charge is 0.495 e. The first-order valence-electron chi connectivity index (χ1n) is 7.39. The van der Waals surface area contributed by atoms with Crippen molar-refractivity contribution in [2.45, 2.75) is 0 Å². The molecule has 1 heterocycles. The van der Waals surface area contributed by atoms with E-state index in [9.17, 15) is 9.59 Å². The molecule has 0 fully saturated rings. The van der Waals surface area contributed by atoms with Gasteiger partial charge in [0.15, 0.2) is 0 Å². The van der Waals surface area contributed by atoms with Crippen LogP contribution < -0.4 is 20.4 Å². The van der Waals surface area contributed by atoms with Gasteiger partial charge in [0.25, 0.3) is 5.91 Å². The number of amides is 1. The van der Waals surface area contributed by atoms with E-state index in [1.165, 1.54) is 32.4 Å². The van der Waals surface area contributed by atoms with Crippen LogP contribution in [0.25, 0.3) is 11.0 Å². The first-order chi connectivity index (χ1) is 12.4. The Hall–Kier alpha value is -2.51. The van der Waals surface area contributed by atoms with Gasteiger partial charge in [0.05, 0.1) is 24.9 Å². The van der Waals surface area contributed by atoms with E-state index in [4.69, 9.17) is 25.5 Å². The number of hydrogen-bond acceptors (Lipinski definition) is 5. The summed E-state index contributed by atoms with van der Waals surface area (Å²) >= 11 is 9.40. The lowest BCUT2D eigenvalue weighted by Gasteiger charge is -2.13. The molecule has 26 heavy (non-hydrogen) atoms. The van der Waals surface area contributed by atoms with E-state index in [1.807, 2.05) is 0 Å². The van der Waals surface area contributed by atoms with Gasteiger partial charge in [-0.25, -0.2) is 4.79 Å². The van der Waals surface area contributed by atoms with Crippen LogP contribution in [0.15, 0.2) is 50.1 Å². The summed E-state index contributed by atoms with van der Waals surface area (Å²) in [6.07, 6.45) is 0. The normalized spacial score (nSPS) is 10.6. The zero-order chi connectivity index (χ0) is 18.8.